The number of ether oxygens (including phenoxy) is 2. The molecule has 0 bridgehead atoms. The molecule has 0 radical (unpaired) electrons. The fourth-order valence-electron chi connectivity index (χ4n) is 5.50. The second-order valence-electron chi connectivity index (χ2n) is 11.2. The molecule has 16 heteroatoms. The molecule has 6 amide bonds. The number of hydrogen-bond acceptors (Lipinski definition) is 10. The molecule has 46 heavy (non-hydrogen) atoms. The highest BCUT2D eigenvalue weighted by Gasteiger charge is 2.43. The maximum atomic E-state index is 13.1. The number of nitrogens with zero attached hydrogens (tertiary/aromatic N) is 4. The van der Waals surface area contributed by atoms with Crippen molar-refractivity contribution in [1.29, 1.82) is 0 Å². The van der Waals surface area contributed by atoms with E-state index in [4.69, 9.17) is 9.47 Å². The van der Waals surface area contributed by atoms with Gasteiger partial charge in [0.2, 0.25) is 23.6 Å². The molecule has 0 saturated carbocycles. The van der Waals surface area contributed by atoms with Gasteiger partial charge in [-0.3, -0.25) is 20.2 Å². The number of carbonyl (C=O) groups excluding carboxylic acids is 4. The van der Waals surface area contributed by atoms with Crippen molar-refractivity contribution in [3.8, 4) is 11.8 Å². The van der Waals surface area contributed by atoms with E-state index < -0.39 is 0 Å². The summed E-state index contributed by atoms with van der Waals surface area (Å²) in [6.45, 7) is 8.29. The van der Waals surface area contributed by atoms with Gasteiger partial charge in [0.1, 0.15) is 11.6 Å². The molecule has 2 aliphatic rings. The van der Waals surface area contributed by atoms with E-state index in [0.717, 1.165) is 11.1 Å². The molecule has 4 rings (SSSR count). The largest absolute Gasteiger partial charge is 0.481 e. The Balaban J connectivity index is 1.22. The minimum Gasteiger partial charge on any atom is -0.481 e. The van der Waals surface area contributed by atoms with E-state index in [-0.39, 0.29) is 35.7 Å². The topological polar surface area (TPSA) is 191 Å². The van der Waals surface area contributed by atoms with Gasteiger partial charge >= 0.3 is 12.1 Å². The van der Waals surface area contributed by atoms with Gasteiger partial charge < -0.3 is 40.5 Å². The summed E-state index contributed by atoms with van der Waals surface area (Å²) in [4.78, 5) is 60.5. The highest BCUT2D eigenvalue weighted by molar-refractivity contribution is 5.90. The molecule has 2 aromatic rings. The van der Waals surface area contributed by atoms with Crippen LogP contribution in [0.15, 0.2) is 24.3 Å². The molecule has 4 heterocycles. The number of rotatable bonds is 14. The van der Waals surface area contributed by atoms with Crippen LogP contribution in [0.2, 0.25) is 0 Å². The van der Waals surface area contributed by atoms with Gasteiger partial charge in [-0.25, -0.2) is 9.59 Å². The molecule has 0 aliphatic carbocycles. The average molecular weight is 641 g/mol. The van der Waals surface area contributed by atoms with Gasteiger partial charge in [0.05, 0.1) is 14.2 Å². The number of methoxy groups -OCH3 is 2. The summed E-state index contributed by atoms with van der Waals surface area (Å²) in [5, 5.41) is 17.6. The predicted octanol–water partition coefficient (Wildman–Crippen LogP) is 0.573. The second-order valence-corrected chi connectivity index (χ2v) is 11.2. The predicted molar refractivity (Wildman–Crippen MR) is 171 cm³/mol. The molecule has 16 nitrogen and oxygen atoms in total. The zero-order valence-electron chi connectivity index (χ0n) is 26.8. The van der Waals surface area contributed by atoms with Crippen molar-refractivity contribution in [3.05, 3.63) is 35.4 Å². The molecular formula is C30H44N10O6. The normalized spacial score (nSPS) is 16.9. The molecule has 250 valence electrons. The molecule has 2 aliphatic heterocycles. The Labute approximate surface area is 268 Å². The molecule has 2 aromatic heterocycles. The van der Waals surface area contributed by atoms with Crippen LogP contribution in [0.1, 0.15) is 25.0 Å². The Morgan fingerprint density at radius 3 is 1.41 bits per heavy atom. The molecule has 0 unspecified atom stereocenters. The van der Waals surface area contributed by atoms with Gasteiger partial charge in [-0.2, -0.15) is 9.97 Å². The first kappa shape index (κ1) is 34.2. The van der Waals surface area contributed by atoms with Crippen molar-refractivity contribution in [3.63, 3.8) is 0 Å². The fourth-order valence-corrected chi connectivity index (χ4v) is 5.50. The van der Waals surface area contributed by atoms with Gasteiger partial charge in [0.25, 0.3) is 0 Å². The van der Waals surface area contributed by atoms with E-state index in [1.54, 1.807) is 21.9 Å². The quantitative estimate of drug-likeness (QED) is 0.159. The van der Waals surface area contributed by atoms with Crippen molar-refractivity contribution >= 4 is 35.5 Å². The molecule has 0 atom stereocenters. The van der Waals surface area contributed by atoms with E-state index in [9.17, 15) is 19.2 Å². The van der Waals surface area contributed by atoms with E-state index in [1.165, 1.54) is 28.1 Å². The van der Waals surface area contributed by atoms with Crippen LogP contribution in [-0.2, 0) is 22.7 Å². The summed E-state index contributed by atoms with van der Waals surface area (Å²) < 4.78 is 10.8. The Kier molecular flexibility index (Phi) is 12.3. The number of nitrogens with one attached hydrogen (secondary N) is 6. The molecule has 2 fully saturated rings. The average Bonchev–Trinajstić information content (AvgIpc) is 3.62. The molecule has 2 saturated heterocycles. The summed E-state index contributed by atoms with van der Waals surface area (Å²) in [7, 11) is 3.05. The van der Waals surface area contributed by atoms with Crippen LogP contribution in [0.5, 0.6) is 11.8 Å². The summed E-state index contributed by atoms with van der Waals surface area (Å²) in [5.74, 6) is 1.75. The van der Waals surface area contributed by atoms with Crippen LogP contribution in [0.4, 0.5) is 21.2 Å². The van der Waals surface area contributed by atoms with Gasteiger partial charge in [-0.1, -0.05) is 0 Å². The first-order valence-corrected chi connectivity index (χ1v) is 15.3. The van der Waals surface area contributed by atoms with E-state index >= 15 is 0 Å². The summed E-state index contributed by atoms with van der Waals surface area (Å²) in [6, 6.07) is 6.65. The maximum absolute atomic E-state index is 13.1. The fraction of sp³-hybridized carbons (Fsp3) is 0.533. The lowest BCUT2D eigenvalue weighted by Crippen LogP contribution is -2.39. The molecule has 0 spiro atoms. The number of anilines is 2. The number of likely N-dealkylation sites (tertiary alicyclic amines) is 2. The van der Waals surface area contributed by atoms with Crippen molar-refractivity contribution in [2.45, 2.75) is 26.9 Å². The third-order valence-corrected chi connectivity index (χ3v) is 7.78. The Hall–Kier alpha value is -4.70. The van der Waals surface area contributed by atoms with Crippen LogP contribution in [0.3, 0.4) is 0 Å². The zero-order chi connectivity index (χ0) is 33.1. The Morgan fingerprint density at radius 2 is 1.07 bits per heavy atom. The summed E-state index contributed by atoms with van der Waals surface area (Å²) in [5.41, 5.74) is 1.66. The number of amides is 6. The summed E-state index contributed by atoms with van der Waals surface area (Å²) in [6.07, 6.45) is 0. The SMILES string of the molecule is COc1nc(NC(=O)N2CC3CN(C(=O)Nc4ccc(CNCCNC(C)=O)c(OC)n4)CC3C2)ccc1CNCCNC(C)=O. The zero-order valence-corrected chi connectivity index (χ0v) is 26.8. The number of aromatic nitrogens is 2. The number of urea groups is 2. The van der Waals surface area contributed by atoms with E-state index in [1.807, 2.05) is 12.1 Å². The van der Waals surface area contributed by atoms with Gasteiger partial charge in [-0.15, -0.1) is 0 Å². The first-order chi connectivity index (χ1) is 22.2. The molecule has 0 aromatic carbocycles. The monoisotopic (exact) mass is 640 g/mol. The maximum Gasteiger partial charge on any atom is 0.323 e. The standard InChI is InChI=1S/C30H44N10O6/c1-19(41)33-11-9-31-13-21-5-7-25(35-27(21)45-3)37-29(43)39-15-23-17-40(18-24(23)16-39)30(44)38-26-8-6-22(28(36-26)46-4)14-32-10-12-34-20(2)42/h5-8,23-24,31-32H,9-18H2,1-4H3,(H,33,41)(H,34,42)(H,35,37,43)(H,36,38,44). The minimum atomic E-state index is -0.248. The highest BCUT2D eigenvalue weighted by Crippen LogP contribution is 2.32. The number of fused-ring (bicyclic) bond motifs is 1. The van der Waals surface area contributed by atoms with E-state index in [0.29, 0.717) is 88.8 Å². The van der Waals surface area contributed by atoms with Crippen LogP contribution < -0.4 is 41.4 Å². The van der Waals surface area contributed by atoms with Gasteiger partial charge in [-0.05, 0) is 24.3 Å². The highest BCUT2D eigenvalue weighted by atomic mass is 16.5. The Bertz CT molecular complexity index is 1280. The van der Waals surface area contributed by atoms with Crippen LogP contribution >= 0.6 is 0 Å². The number of hydrogen-bond donors (Lipinski definition) is 6. The van der Waals surface area contributed by atoms with Crippen LogP contribution in [0.25, 0.3) is 0 Å². The van der Waals surface area contributed by atoms with E-state index in [2.05, 4.69) is 41.9 Å². The van der Waals surface area contributed by atoms with Crippen LogP contribution in [-0.4, -0.2) is 110 Å². The lowest BCUT2D eigenvalue weighted by atomic mass is 10.0. The lowest BCUT2D eigenvalue weighted by molar-refractivity contribution is -0.119. The molecule has 6 N–H and O–H groups in total. The van der Waals surface area contributed by atoms with Crippen molar-refractivity contribution < 1.29 is 28.7 Å². The van der Waals surface area contributed by atoms with Gasteiger partial charge in [0.15, 0.2) is 0 Å². The Morgan fingerprint density at radius 1 is 0.674 bits per heavy atom. The summed E-state index contributed by atoms with van der Waals surface area (Å²) >= 11 is 0. The third kappa shape index (κ3) is 9.65. The van der Waals surface area contributed by atoms with Crippen molar-refractivity contribution in [1.82, 2.24) is 41.0 Å². The van der Waals surface area contributed by atoms with Gasteiger partial charge in [0, 0.05) is 102 Å². The number of carbonyl (C=O) groups is 4. The van der Waals surface area contributed by atoms with Crippen LogP contribution in [0, 0.1) is 11.8 Å². The minimum absolute atomic E-state index is 0.0790. The lowest BCUT2D eigenvalue weighted by Gasteiger charge is -2.22. The smallest absolute Gasteiger partial charge is 0.323 e. The van der Waals surface area contributed by atoms with Crippen molar-refractivity contribution in [2.75, 3.05) is 77.2 Å². The third-order valence-electron chi connectivity index (χ3n) is 7.78. The van der Waals surface area contributed by atoms with Crippen molar-refractivity contribution in [2.24, 2.45) is 11.8 Å². The molecular weight excluding hydrogens is 596 g/mol. The number of pyridine rings is 2. The first-order valence-electron chi connectivity index (χ1n) is 15.3. The second kappa shape index (κ2) is 16.6.